The Balaban J connectivity index is 2.54. The molecule has 0 aliphatic heterocycles. The van der Waals surface area contributed by atoms with Crippen molar-refractivity contribution in [2.24, 2.45) is 5.41 Å². The maximum atomic E-state index is 5.83. The van der Waals surface area contributed by atoms with Gasteiger partial charge >= 0.3 is 0 Å². The molecular weight excluding hydrogens is 196 g/mol. The molecule has 1 aromatic rings. The highest BCUT2D eigenvalue weighted by Gasteiger charge is 2.15. The molecule has 0 spiro atoms. The molecule has 14 heavy (non-hydrogen) atoms. The normalized spacial score (nSPS) is 11.4. The maximum Gasteiger partial charge on any atom is 0.126 e. The van der Waals surface area contributed by atoms with Crippen molar-refractivity contribution in [2.75, 3.05) is 17.7 Å². The number of hydrogen-bond donors (Lipinski definition) is 1. The third-order valence-electron chi connectivity index (χ3n) is 2.03. The largest absolute Gasteiger partial charge is 0.369 e. The quantitative estimate of drug-likeness (QED) is 0.776. The summed E-state index contributed by atoms with van der Waals surface area (Å²) in [5.74, 6) is 1.56. The summed E-state index contributed by atoms with van der Waals surface area (Å²) in [6, 6.07) is 4.02. The number of halogens is 1. The average molecular weight is 213 g/mol. The summed E-state index contributed by atoms with van der Waals surface area (Å²) in [5.41, 5.74) is 1.32. The van der Waals surface area contributed by atoms with Crippen LogP contribution in [0.5, 0.6) is 0 Å². The van der Waals surface area contributed by atoms with E-state index in [1.807, 2.05) is 18.3 Å². The van der Waals surface area contributed by atoms with Gasteiger partial charge in [0.25, 0.3) is 0 Å². The van der Waals surface area contributed by atoms with Crippen molar-refractivity contribution in [1.82, 2.24) is 4.98 Å². The number of aryl methyl sites for hydroxylation is 1. The van der Waals surface area contributed by atoms with E-state index in [9.17, 15) is 0 Å². The van der Waals surface area contributed by atoms with Gasteiger partial charge in [-0.25, -0.2) is 4.98 Å². The predicted molar refractivity (Wildman–Crippen MR) is 62.0 cm³/mol. The van der Waals surface area contributed by atoms with E-state index in [2.05, 4.69) is 31.1 Å². The highest BCUT2D eigenvalue weighted by atomic mass is 35.5. The Kier molecular flexibility index (Phi) is 3.76. The third-order valence-corrected chi connectivity index (χ3v) is 2.75. The van der Waals surface area contributed by atoms with Crippen LogP contribution in [0.25, 0.3) is 0 Å². The van der Waals surface area contributed by atoms with Crippen molar-refractivity contribution < 1.29 is 0 Å². The summed E-state index contributed by atoms with van der Waals surface area (Å²) in [5, 5.41) is 3.28. The van der Waals surface area contributed by atoms with Gasteiger partial charge in [0.1, 0.15) is 5.82 Å². The molecule has 0 saturated heterocycles. The van der Waals surface area contributed by atoms with Gasteiger partial charge in [-0.1, -0.05) is 13.8 Å². The fourth-order valence-electron chi connectivity index (χ4n) is 1.01. The summed E-state index contributed by atoms with van der Waals surface area (Å²) >= 11 is 5.83. The Morgan fingerprint density at radius 3 is 2.79 bits per heavy atom. The molecule has 0 aromatic carbocycles. The van der Waals surface area contributed by atoms with Crippen LogP contribution in [0.2, 0.25) is 0 Å². The Morgan fingerprint density at radius 1 is 1.50 bits per heavy atom. The molecule has 0 radical (unpaired) electrons. The van der Waals surface area contributed by atoms with E-state index in [1.165, 1.54) is 5.56 Å². The molecule has 0 fully saturated rings. The molecule has 2 nitrogen and oxygen atoms in total. The highest BCUT2D eigenvalue weighted by molar-refractivity contribution is 6.18. The predicted octanol–water partition coefficient (Wildman–Crippen LogP) is 3.07. The minimum Gasteiger partial charge on any atom is -0.369 e. The Bertz CT molecular complexity index is 297. The van der Waals surface area contributed by atoms with Crippen LogP contribution in [0.15, 0.2) is 18.3 Å². The van der Waals surface area contributed by atoms with Gasteiger partial charge in [-0.2, -0.15) is 0 Å². The Hall–Kier alpha value is -0.760. The lowest BCUT2D eigenvalue weighted by Gasteiger charge is -2.21. The zero-order valence-corrected chi connectivity index (χ0v) is 9.73. The van der Waals surface area contributed by atoms with Crippen molar-refractivity contribution in [3.63, 3.8) is 0 Å². The van der Waals surface area contributed by atoms with Crippen LogP contribution in [0.1, 0.15) is 19.4 Å². The van der Waals surface area contributed by atoms with Crippen LogP contribution >= 0.6 is 11.6 Å². The number of hydrogen-bond acceptors (Lipinski definition) is 2. The van der Waals surface area contributed by atoms with Gasteiger partial charge in [-0.15, -0.1) is 11.6 Å². The zero-order valence-electron chi connectivity index (χ0n) is 8.97. The number of aromatic nitrogens is 1. The second kappa shape index (κ2) is 4.65. The lowest BCUT2D eigenvalue weighted by atomic mass is 9.97. The Labute approximate surface area is 90.7 Å². The SMILES string of the molecule is Cc1ccnc(NCC(C)(C)CCl)c1. The Morgan fingerprint density at radius 2 is 2.21 bits per heavy atom. The van der Waals surface area contributed by atoms with Gasteiger partial charge in [0.15, 0.2) is 0 Å². The summed E-state index contributed by atoms with van der Waals surface area (Å²) in [6.07, 6.45) is 1.81. The molecule has 1 N–H and O–H groups in total. The summed E-state index contributed by atoms with van der Waals surface area (Å²) in [7, 11) is 0. The molecule has 1 heterocycles. The average Bonchev–Trinajstić information content (AvgIpc) is 2.15. The van der Waals surface area contributed by atoms with E-state index in [-0.39, 0.29) is 5.41 Å². The number of anilines is 1. The first-order valence-corrected chi connectivity index (χ1v) is 5.29. The zero-order chi connectivity index (χ0) is 10.6. The van der Waals surface area contributed by atoms with E-state index in [0.29, 0.717) is 5.88 Å². The second-order valence-corrected chi connectivity index (χ2v) is 4.64. The van der Waals surface area contributed by atoms with Crippen LogP contribution < -0.4 is 5.32 Å². The topological polar surface area (TPSA) is 24.9 Å². The molecule has 3 heteroatoms. The van der Waals surface area contributed by atoms with E-state index in [1.54, 1.807) is 0 Å². The maximum absolute atomic E-state index is 5.83. The van der Waals surface area contributed by atoms with Crippen LogP contribution in [0.3, 0.4) is 0 Å². The molecular formula is C11H17ClN2. The number of rotatable bonds is 4. The third kappa shape index (κ3) is 3.54. The van der Waals surface area contributed by atoms with Crippen molar-refractivity contribution in [1.29, 1.82) is 0 Å². The fourth-order valence-corrected chi connectivity index (χ4v) is 1.10. The standard InChI is InChI=1S/C11H17ClN2/c1-9-4-5-13-10(6-9)14-8-11(2,3)7-12/h4-6H,7-8H2,1-3H3,(H,13,14). The summed E-state index contributed by atoms with van der Waals surface area (Å²) < 4.78 is 0. The molecule has 0 saturated carbocycles. The van der Waals surface area contributed by atoms with Gasteiger partial charge in [0.2, 0.25) is 0 Å². The van der Waals surface area contributed by atoms with Crippen LogP contribution in [-0.2, 0) is 0 Å². The van der Waals surface area contributed by atoms with Gasteiger partial charge < -0.3 is 5.32 Å². The molecule has 1 rings (SSSR count). The van der Waals surface area contributed by atoms with Gasteiger partial charge in [-0.05, 0) is 30.0 Å². The minimum absolute atomic E-state index is 0.104. The first kappa shape index (κ1) is 11.3. The number of alkyl halides is 1. The van der Waals surface area contributed by atoms with Crippen LogP contribution in [-0.4, -0.2) is 17.4 Å². The van der Waals surface area contributed by atoms with Crippen molar-refractivity contribution in [3.05, 3.63) is 23.9 Å². The number of nitrogens with zero attached hydrogens (tertiary/aromatic N) is 1. The number of pyridine rings is 1. The second-order valence-electron chi connectivity index (χ2n) is 4.37. The highest BCUT2D eigenvalue weighted by Crippen LogP contribution is 2.17. The molecule has 0 aliphatic rings. The van der Waals surface area contributed by atoms with Gasteiger partial charge in [0.05, 0.1) is 0 Å². The summed E-state index contributed by atoms with van der Waals surface area (Å²) in [4.78, 5) is 4.22. The molecule has 0 unspecified atom stereocenters. The lowest BCUT2D eigenvalue weighted by Crippen LogP contribution is -2.24. The van der Waals surface area contributed by atoms with Gasteiger partial charge in [0, 0.05) is 18.6 Å². The fraction of sp³-hybridized carbons (Fsp3) is 0.545. The van der Waals surface area contributed by atoms with E-state index in [0.717, 1.165) is 12.4 Å². The smallest absolute Gasteiger partial charge is 0.126 e. The first-order valence-electron chi connectivity index (χ1n) is 4.76. The lowest BCUT2D eigenvalue weighted by molar-refractivity contribution is 0.449. The monoisotopic (exact) mass is 212 g/mol. The molecule has 1 aromatic heterocycles. The van der Waals surface area contributed by atoms with Gasteiger partial charge in [-0.3, -0.25) is 0 Å². The minimum atomic E-state index is 0.104. The first-order chi connectivity index (χ1) is 6.53. The number of nitrogens with one attached hydrogen (secondary N) is 1. The van der Waals surface area contributed by atoms with E-state index >= 15 is 0 Å². The van der Waals surface area contributed by atoms with Crippen LogP contribution in [0, 0.1) is 12.3 Å². The summed E-state index contributed by atoms with van der Waals surface area (Å²) in [6.45, 7) is 7.15. The van der Waals surface area contributed by atoms with Crippen molar-refractivity contribution in [3.8, 4) is 0 Å². The van der Waals surface area contributed by atoms with Crippen LogP contribution in [0.4, 0.5) is 5.82 Å². The van der Waals surface area contributed by atoms with Crippen molar-refractivity contribution >= 4 is 17.4 Å². The van der Waals surface area contributed by atoms with E-state index < -0.39 is 0 Å². The molecule has 0 amide bonds. The molecule has 78 valence electrons. The van der Waals surface area contributed by atoms with Crippen molar-refractivity contribution in [2.45, 2.75) is 20.8 Å². The molecule has 0 aliphatic carbocycles. The van der Waals surface area contributed by atoms with E-state index in [4.69, 9.17) is 11.6 Å². The molecule has 0 atom stereocenters. The molecule has 0 bridgehead atoms.